The molecule has 0 amide bonds. The second-order valence-corrected chi connectivity index (χ2v) is 6.85. The smallest absolute Gasteiger partial charge is 0.222 e. The molecule has 0 radical (unpaired) electrons. The summed E-state index contributed by atoms with van der Waals surface area (Å²) in [5, 5.41) is 7.71. The molecule has 27 heavy (non-hydrogen) atoms. The van der Waals surface area contributed by atoms with Crippen LogP contribution >= 0.6 is 0 Å². The second-order valence-electron chi connectivity index (χ2n) is 6.85. The number of nitrogens with zero attached hydrogens (tertiary/aromatic N) is 5. The van der Waals surface area contributed by atoms with Crippen molar-refractivity contribution in [2.75, 3.05) is 31.7 Å². The van der Waals surface area contributed by atoms with Crippen molar-refractivity contribution in [2.45, 2.75) is 26.4 Å². The average Bonchev–Trinajstić information content (AvgIpc) is 3.12. The van der Waals surface area contributed by atoms with Gasteiger partial charge in [-0.2, -0.15) is 10.1 Å². The highest BCUT2D eigenvalue weighted by Gasteiger charge is 2.15. The largest absolute Gasteiger partial charge is 0.368 e. The molecule has 0 saturated heterocycles. The van der Waals surface area contributed by atoms with Gasteiger partial charge in [0.15, 0.2) is 0 Å². The third-order valence-electron chi connectivity index (χ3n) is 4.56. The van der Waals surface area contributed by atoms with Crippen LogP contribution in [0.3, 0.4) is 0 Å². The number of benzene rings is 1. The Balaban J connectivity index is 1.78. The Bertz CT molecular complexity index is 884. The third kappa shape index (κ3) is 4.62. The van der Waals surface area contributed by atoms with Crippen molar-refractivity contribution in [3.63, 3.8) is 0 Å². The molecule has 0 aliphatic rings. The number of nitrogens with two attached hydrogens (primary N) is 1. The summed E-state index contributed by atoms with van der Waals surface area (Å²) < 4.78 is 1.86. The van der Waals surface area contributed by atoms with Crippen molar-refractivity contribution in [3.8, 4) is 11.3 Å². The summed E-state index contributed by atoms with van der Waals surface area (Å²) in [7, 11) is 4.15. The fourth-order valence-corrected chi connectivity index (χ4v) is 2.96. The van der Waals surface area contributed by atoms with Crippen LogP contribution in [0, 0.1) is 6.92 Å². The summed E-state index contributed by atoms with van der Waals surface area (Å²) in [6.45, 7) is 5.66. The van der Waals surface area contributed by atoms with E-state index < -0.39 is 0 Å². The van der Waals surface area contributed by atoms with Crippen LogP contribution in [-0.4, -0.2) is 45.3 Å². The Morgan fingerprint density at radius 2 is 1.93 bits per heavy atom. The van der Waals surface area contributed by atoms with Crippen molar-refractivity contribution in [1.82, 2.24) is 24.6 Å². The van der Waals surface area contributed by atoms with Crippen LogP contribution in [0.25, 0.3) is 11.3 Å². The summed E-state index contributed by atoms with van der Waals surface area (Å²) >= 11 is 0. The zero-order chi connectivity index (χ0) is 19.4. The Kier molecular flexibility index (Phi) is 5.71. The lowest BCUT2D eigenvalue weighted by Gasteiger charge is -2.25. The number of rotatable bonds is 7. The van der Waals surface area contributed by atoms with Gasteiger partial charge in [0, 0.05) is 30.9 Å². The summed E-state index contributed by atoms with van der Waals surface area (Å²) in [6, 6.07) is 10.7. The van der Waals surface area contributed by atoms with E-state index in [9.17, 15) is 0 Å². The topological polar surface area (TPSA) is 84.9 Å². The van der Waals surface area contributed by atoms with Gasteiger partial charge in [-0.05, 0) is 33.5 Å². The monoisotopic (exact) mass is 365 g/mol. The molecule has 3 N–H and O–H groups in total. The van der Waals surface area contributed by atoms with Gasteiger partial charge < -0.3 is 16.0 Å². The molecule has 3 aromatic rings. The summed E-state index contributed by atoms with van der Waals surface area (Å²) in [5.41, 5.74) is 10.1. The van der Waals surface area contributed by atoms with Gasteiger partial charge in [-0.3, -0.25) is 4.68 Å². The number of anilines is 2. The second kappa shape index (κ2) is 8.18. The van der Waals surface area contributed by atoms with Gasteiger partial charge in [0.05, 0.1) is 17.9 Å². The van der Waals surface area contributed by atoms with Gasteiger partial charge >= 0.3 is 0 Å². The first-order chi connectivity index (χ1) is 13.0. The molecule has 142 valence electrons. The van der Waals surface area contributed by atoms with E-state index in [1.54, 1.807) is 6.20 Å². The molecule has 0 aliphatic carbocycles. The van der Waals surface area contributed by atoms with Crippen molar-refractivity contribution < 1.29 is 0 Å². The molecule has 1 atom stereocenters. The molecule has 7 heteroatoms. The lowest BCUT2D eigenvalue weighted by Crippen LogP contribution is -2.27. The first-order valence-corrected chi connectivity index (χ1v) is 9.10. The molecule has 0 saturated carbocycles. The first-order valence-electron chi connectivity index (χ1n) is 9.10. The van der Waals surface area contributed by atoms with Gasteiger partial charge in [0.1, 0.15) is 5.82 Å². The van der Waals surface area contributed by atoms with Gasteiger partial charge in [0.2, 0.25) is 5.95 Å². The van der Waals surface area contributed by atoms with Crippen molar-refractivity contribution in [3.05, 3.63) is 53.9 Å². The number of nitrogens with one attached hydrogen (secondary N) is 1. The summed E-state index contributed by atoms with van der Waals surface area (Å²) in [4.78, 5) is 10.9. The highest BCUT2D eigenvalue weighted by molar-refractivity contribution is 5.62. The normalized spacial score (nSPS) is 12.3. The van der Waals surface area contributed by atoms with Crippen molar-refractivity contribution in [2.24, 2.45) is 0 Å². The van der Waals surface area contributed by atoms with Crippen LogP contribution in [0.1, 0.15) is 24.1 Å². The average molecular weight is 365 g/mol. The predicted octanol–water partition coefficient (Wildman–Crippen LogP) is 2.97. The standard InChI is InChI=1S/C20H27N7/c1-5-27-13-16(11-23-27)17-10-19(25-20(21)24-17)22-12-18(26(3)4)15-8-6-14(2)7-9-15/h6-11,13,18H,5,12H2,1-4H3,(H3,21,22,24,25)/t18-/m0/s1. The molecule has 2 heterocycles. The Morgan fingerprint density at radius 3 is 2.56 bits per heavy atom. The molecule has 0 unspecified atom stereocenters. The molecular formula is C20H27N7. The highest BCUT2D eigenvalue weighted by atomic mass is 15.3. The van der Waals surface area contributed by atoms with E-state index in [1.165, 1.54) is 11.1 Å². The van der Waals surface area contributed by atoms with E-state index in [-0.39, 0.29) is 12.0 Å². The predicted molar refractivity (Wildman–Crippen MR) is 109 cm³/mol. The maximum atomic E-state index is 5.93. The van der Waals surface area contributed by atoms with Crippen LogP contribution in [0.5, 0.6) is 0 Å². The number of nitrogen functional groups attached to an aromatic ring is 1. The summed E-state index contributed by atoms with van der Waals surface area (Å²) in [6.07, 6.45) is 3.75. The van der Waals surface area contributed by atoms with Gasteiger partial charge in [-0.1, -0.05) is 29.8 Å². The van der Waals surface area contributed by atoms with E-state index >= 15 is 0 Å². The Labute approximate surface area is 160 Å². The van der Waals surface area contributed by atoms with E-state index in [2.05, 4.69) is 70.6 Å². The lowest BCUT2D eigenvalue weighted by molar-refractivity contribution is 0.311. The molecule has 0 bridgehead atoms. The fourth-order valence-electron chi connectivity index (χ4n) is 2.96. The number of hydrogen-bond acceptors (Lipinski definition) is 6. The zero-order valence-electron chi connectivity index (χ0n) is 16.3. The van der Waals surface area contributed by atoms with Crippen molar-refractivity contribution >= 4 is 11.8 Å². The van der Waals surface area contributed by atoms with Crippen LogP contribution in [0.4, 0.5) is 11.8 Å². The molecule has 3 rings (SSSR count). The minimum Gasteiger partial charge on any atom is -0.368 e. The molecule has 0 fully saturated rings. The van der Waals surface area contributed by atoms with Crippen LogP contribution < -0.4 is 11.1 Å². The minimum absolute atomic E-state index is 0.216. The van der Waals surface area contributed by atoms with Crippen molar-refractivity contribution in [1.29, 1.82) is 0 Å². The Morgan fingerprint density at radius 1 is 1.19 bits per heavy atom. The van der Waals surface area contributed by atoms with Gasteiger partial charge in [-0.15, -0.1) is 0 Å². The van der Waals surface area contributed by atoms with Crippen LogP contribution in [-0.2, 0) is 6.54 Å². The van der Waals surface area contributed by atoms with Crippen LogP contribution in [0.15, 0.2) is 42.7 Å². The molecular weight excluding hydrogens is 338 g/mol. The number of aromatic nitrogens is 4. The van der Waals surface area contributed by atoms with Gasteiger partial charge in [0.25, 0.3) is 0 Å². The molecule has 0 aliphatic heterocycles. The third-order valence-corrected chi connectivity index (χ3v) is 4.56. The zero-order valence-corrected chi connectivity index (χ0v) is 16.3. The van der Waals surface area contributed by atoms with E-state index in [4.69, 9.17) is 5.73 Å². The fraction of sp³-hybridized carbons (Fsp3) is 0.350. The minimum atomic E-state index is 0.216. The molecule has 7 nitrogen and oxygen atoms in total. The maximum absolute atomic E-state index is 5.93. The molecule has 2 aromatic heterocycles. The lowest BCUT2D eigenvalue weighted by atomic mass is 10.0. The number of aryl methyl sites for hydroxylation is 2. The number of likely N-dealkylation sites (N-methyl/N-ethyl adjacent to an activating group) is 1. The summed E-state index contributed by atoms with van der Waals surface area (Å²) in [5.74, 6) is 0.955. The first kappa shape index (κ1) is 18.8. The van der Waals surface area contributed by atoms with E-state index in [0.29, 0.717) is 12.4 Å². The SMILES string of the molecule is CCn1cc(-c2cc(NC[C@@H](c3ccc(C)cc3)N(C)C)nc(N)n2)cn1. The number of hydrogen-bond donors (Lipinski definition) is 2. The highest BCUT2D eigenvalue weighted by Crippen LogP contribution is 2.23. The quantitative estimate of drug-likeness (QED) is 0.670. The van der Waals surface area contributed by atoms with Crippen LogP contribution in [0.2, 0.25) is 0 Å². The molecule has 1 aromatic carbocycles. The van der Waals surface area contributed by atoms with E-state index in [1.807, 2.05) is 23.9 Å². The van der Waals surface area contributed by atoms with E-state index in [0.717, 1.165) is 17.8 Å². The molecule has 0 spiro atoms. The maximum Gasteiger partial charge on any atom is 0.222 e. The Hall–Kier alpha value is -2.93. The van der Waals surface area contributed by atoms with Gasteiger partial charge in [-0.25, -0.2) is 4.98 Å².